The number of esters is 3. The van der Waals surface area contributed by atoms with Gasteiger partial charge in [0.2, 0.25) is 0 Å². The Labute approximate surface area is 402 Å². The van der Waals surface area contributed by atoms with Crippen LogP contribution in [0.3, 0.4) is 0 Å². The van der Waals surface area contributed by atoms with Gasteiger partial charge in [-0.15, -0.1) is 0 Å². The van der Waals surface area contributed by atoms with Crippen molar-refractivity contribution in [3.05, 3.63) is 72.9 Å². The predicted octanol–water partition coefficient (Wildman–Crippen LogP) is 18.2. The quantitative estimate of drug-likeness (QED) is 0.0262. The minimum absolute atomic E-state index is 0.0996. The van der Waals surface area contributed by atoms with E-state index in [9.17, 15) is 14.4 Å². The summed E-state index contributed by atoms with van der Waals surface area (Å²) in [5.74, 6) is -0.989. The molecule has 6 heteroatoms. The van der Waals surface area contributed by atoms with Gasteiger partial charge < -0.3 is 14.2 Å². The lowest BCUT2D eigenvalue weighted by molar-refractivity contribution is -0.166. The van der Waals surface area contributed by atoms with Crippen molar-refractivity contribution in [3.63, 3.8) is 0 Å². The van der Waals surface area contributed by atoms with E-state index in [1.54, 1.807) is 0 Å². The van der Waals surface area contributed by atoms with E-state index in [0.29, 0.717) is 19.3 Å². The first kappa shape index (κ1) is 61.9. The van der Waals surface area contributed by atoms with Crippen molar-refractivity contribution < 1.29 is 28.6 Å². The average Bonchev–Trinajstić information content (AvgIpc) is 3.30. The van der Waals surface area contributed by atoms with Crippen LogP contribution in [-0.4, -0.2) is 37.2 Å². The maximum atomic E-state index is 12.8. The number of unbranched alkanes of at least 4 members (excludes halogenated alkanes) is 26. The zero-order valence-corrected chi connectivity index (χ0v) is 42.7. The SMILES string of the molecule is CCCCC/C=C\C/C=C\C/C=C\C/C=C\C/C=C\CCC(=O)OC[C@H](COC(=O)CCCCCCCCCCCCCCC)OC(=O)CCCCCCC/C=C\CCCCCCCC. The topological polar surface area (TPSA) is 78.9 Å². The molecule has 0 spiro atoms. The van der Waals surface area contributed by atoms with Gasteiger partial charge in [0, 0.05) is 19.3 Å². The van der Waals surface area contributed by atoms with Crippen molar-refractivity contribution in [3.8, 4) is 0 Å². The van der Waals surface area contributed by atoms with Crippen LogP contribution in [0.1, 0.15) is 265 Å². The fourth-order valence-corrected chi connectivity index (χ4v) is 7.54. The summed E-state index contributed by atoms with van der Waals surface area (Å²) in [5.41, 5.74) is 0. The summed E-state index contributed by atoms with van der Waals surface area (Å²) in [6, 6.07) is 0. The molecule has 0 N–H and O–H groups in total. The van der Waals surface area contributed by atoms with Gasteiger partial charge in [-0.1, -0.05) is 235 Å². The molecule has 0 bridgehead atoms. The van der Waals surface area contributed by atoms with Crippen LogP contribution < -0.4 is 0 Å². The molecule has 0 fully saturated rings. The van der Waals surface area contributed by atoms with E-state index >= 15 is 0 Å². The third kappa shape index (κ3) is 51.7. The van der Waals surface area contributed by atoms with E-state index in [0.717, 1.165) is 77.0 Å². The molecular weight excluding hydrogens is 805 g/mol. The van der Waals surface area contributed by atoms with Gasteiger partial charge in [0.1, 0.15) is 13.2 Å². The molecular formula is C59H102O6. The van der Waals surface area contributed by atoms with Gasteiger partial charge in [-0.2, -0.15) is 0 Å². The molecule has 65 heavy (non-hydrogen) atoms. The predicted molar refractivity (Wildman–Crippen MR) is 279 cm³/mol. The van der Waals surface area contributed by atoms with E-state index < -0.39 is 6.10 Å². The molecule has 0 unspecified atom stereocenters. The van der Waals surface area contributed by atoms with Crippen LogP contribution in [0, 0.1) is 0 Å². The normalized spacial score (nSPS) is 12.6. The molecule has 0 aliphatic heterocycles. The average molecular weight is 907 g/mol. The molecule has 0 aromatic rings. The number of carbonyl (C=O) groups excluding carboxylic acids is 3. The molecule has 374 valence electrons. The van der Waals surface area contributed by atoms with Gasteiger partial charge in [-0.3, -0.25) is 14.4 Å². The number of carbonyl (C=O) groups is 3. The lowest BCUT2D eigenvalue weighted by Gasteiger charge is -2.18. The Kier molecular flexibility index (Phi) is 50.9. The van der Waals surface area contributed by atoms with Crippen LogP contribution in [0.5, 0.6) is 0 Å². The smallest absolute Gasteiger partial charge is 0.306 e. The second-order valence-corrected chi connectivity index (χ2v) is 18.1. The molecule has 6 nitrogen and oxygen atoms in total. The van der Waals surface area contributed by atoms with Crippen molar-refractivity contribution in [1.29, 1.82) is 0 Å². The van der Waals surface area contributed by atoms with Crippen molar-refractivity contribution in [2.75, 3.05) is 13.2 Å². The summed E-state index contributed by atoms with van der Waals surface area (Å²) in [5, 5.41) is 0. The molecule has 0 amide bonds. The number of ether oxygens (including phenoxy) is 3. The first-order valence-corrected chi connectivity index (χ1v) is 27.4. The highest BCUT2D eigenvalue weighted by molar-refractivity contribution is 5.71. The number of allylic oxidation sites excluding steroid dienone is 12. The molecule has 0 aliphatic carbocycles. The van der Waals surface area contributed by atoms with Crippen LogP contribution in [0.15, 0.2) is 72.9 Å². The Morgan fingerprint density at radius 1 is 0.308 bits per heavy atom. The molecule has 0 saturated carbocycles. The Balaban J connectivity index is 4.49. The maximum Gasteiger partial charge on any atom is 0.306 e. The highest BCUT2D eigenvalue weighted by atomic mass is 16.6. The standard InChI is InChI=1S/C59H102O6/c1-4-7-10-13-16-19-22-25-27-28-29-30-32-34-37-40-43-46-49-52-58(61)64-55-56(54-63-57(60)51-48-45-42-39-36-33-24-21-18-15-12-9-6-3)65-59(62)53-50-47-44-41-38-35-31-26-23-20-17-14-11-8-5-2/h16,19,25-27,29-31,34,37,43,46,56H,4-15,17-18,20-24,28,32-33,35-36,38-42,44-45,47-55H2,1-3H3/b19-16-,27-25-,30-29-,31-26-,37-34-,46-43-/t56-/m0/s1. The van der Waals surface area contributed by atoms with Crippen molar-refractivity contribution in [2.24, 2.45) is 0 Å². The van der Waals surface area contributed by atoms with Gasteiger partial charge in [0.25, 0.3) is 0 Å². The molecule has 1 atom stereocenters. The van der Waals surface area contributed by atoms with Crippen LogP contribution in [0.4, 0.5) is 0 Å². The van der Waals surface area contributed by atoms with E-state index in [1.165, 1.54) is 141 Å². The maximum absolute atomic E-state index is 12.8. The van der Waals surface area contributed by atoms with Crippen molar-refractivity contribution >= 4 is 17.9 Å². The van der Waals surface area contributed by atoms with Crippen LogP contribution in [-0.2, 0) is 28.6 Å². The minimum Gasteiger partial charge on any atom is -0.462 e. The first-order valence-electron chi connectivity index (χ1n) is 27.4. The summed E-state index contributed by atoms with van der Waals surface area (Å²) in [7, 11) is 0. The minimum atomic E-state index is -0.807. The van der Waals surface area contributed by atoms with Gasteiger partial charge in [-0.05, 0) is 83.5 Å². The summed E-state index contributed by atoms with van der Waals surface area (Å²) in [4.78, 5) is 38.0. The molecule has 0 saturated heterocycles. The highest BCUT2D eigenvalue weighted by Gasteiger charge is 2.19. The number of hydrogen-bond donors (Lipinski definition) is 0. The van der Waals surface area contributed by atoms with Crippen LogP contribution >= 0.6 is 0 Å². The lowest BCUT2D eigenvalue weighted by Crippen LogP contribution is -2.30. The van der Waals surface area contributed by atoms with Gasteiger partial charge in [0.15, 0.2) is 6.10 Å². The zero-order valence-electron chi connectivity index (χ0n) is 42.7. The monoisotopic (exact) mass is 907 g/mol. The first-order chi connectivity index (χ1) is 32.0. The van der Waals surface area contributed by atoms with E-state index in [4.69, 9.17) is 14.2 Å². The Hall–Kier alpha value is -3.15. The molecule has 0 rings (SSSR count). The van der Waals surface area contributed by atoms with E-state index in [-0.39, 0.29) is 37.5 Å². The van der Waals surface area contributed by atoms with E-state index in [1.807, 2.05) is 6.08 Å². The van der Waals surface area contributed by atoms with E-state index in [2.05, 4.69) is 87.6 Å². The number of hydrogen-bond acceptors (Lipinski definition) is 6. The summed E-state index contributed by atoms with van der Waals surface area (Å²) in [6.07, 6.45) is 67.5. The fourth-order valence-electron chi connectivity index (χ4n) is 7.54. The zero-order chi connectivity index (χ0) is 47.2. The Morgan fingerprint density at radius 2 is 0.585 bits per heavy atom. The van der Waals surface area contributed by atoms with Crippen molar-refractivity contribution in [2.45, 2.75) is 271 Å². The molecule has 0 heterocycles. The number of rotatable bonds is 49. The summed E-state index contributed by atoms with van der Waals surface area (Å²) in [6.45, 7) is 6.54. The largest absolute Gasteiger partial charge is 0.462 e. The van der Waals surface area contributed by atoms with Gasteiger partial charge >= 0.3 is 17.9 Å². The second kappa shape index (κ2) is 53.5. The third-order valence-electron chi connectivity index (χ3n) is 11.7. The van der Waals surface area contributed by atoms with Gasteiger partial charge in [-0.25, -0.2) is 0 Å². The summed E-state index contributed by atoms with van der Waals surface area (Å²) >= 11 is 0. The highest BCUT2D eigenvalue weighted by Crippen LogP contribution is 2.15. The van der Waals surface area contributed by atoms with Crippen LogP contribution in [0.25, 0.3) is 0 Å². The lowest BCUT2D eigenvalue weighted by atomic mass is 10.0. The van der Waals surface area contributed by atoms with Crippen molar-refractivity contribution in [1.82, 2.24) is 0 Å². The summed E-state index contributed by atoms with van der Waals surface area (Å²) < 4.78 is 16.8. The Morgan fingerprint density at radius 3 is 1.00 bits per heavy atom. The molecule has 0 radical (unpaired) electrons. The Bertz CT molecular complexity index is 1230. The molecule has 0 aromatic heterocycles. The molecule has 0 aromatic carbocycles. The molecule has 0 aliphatic rings. The second-order valence-electron chi connectivity index (χ2n) is 18.1. The third-order valence-corrected chi connectivity index (χ3v) is 11.7. The van der Waals surface area contributed by atoms with Crippen LogP contribution in [0.2, 0.25) is 0 Å². The fraction of sp³-hybridized carbons (Fsp3) is 0.746. The van der Waals surface area contributed by atoms with Gasteiger partial charge in [0.05, 0.1) is 0 Å².